The summed E-state index contributed by atoms with van der Waals surface area (Å²) in [7, 11) is -3.33. The Bertz CT molecular complexity index is 513. The van der Waals surface area contributed by atoms with Gasteiger partial charge in [0.15, 0.2) is 0 Å². The van der Waals surface area contributed by atoms with Crippen molar-refractivity contribution >= 4 is 16.0 Å². The minimum atomic E-state index is -3.33. The highest BCUT2D eigenvalue weighted by Gasteiger charge is 2.56. The van der Waals surface area contributed by atoms with Crippen LogP contribution >= 0.6 is 0 Å². The minimum absolute atomic E-state index is 0.154. The van der Waals surface area contributed by atoms with Gasteiger partial charge >= 0.3 is 5.97 Å². The van der Waals surface area contributed by atoms with E-state index in [2.05, 4.69) is 0 Å². The molecule has 1 heterocycles. The molecule has 20 heavy (non-hydrogen) atoms. The molecule has 0 atom stereocenters. The second kappa shape index (κ2) is 4.42. The van der Waals surface area contributed by atoms with Gasteiger partial charge in [0.25, 0.3) is 0 Å². The molecule has 0 aromatic carbocycles. The first-order valence-corrected chi connectivity index (χ1v) is 8.36. The summed E-state index contributed by atoms with van der Waals surface area (Å²) in [6.45, 7) is 5.09. The topological polar surface area (TPSA) is 94.9 Å². The third-order valence-electron chi connectivity index (χ3n) is 5.16. The van der Waals surface area contributed by atoms with Crippen LogP contribution in [0.2, 0.25) is 0 Å². The van der Waals surface area contributed by atoms with Crippen LogP contribution in [0.25, 0.3) is 0 Å². The van der Waals surface area contributed by atoms with Crippen molar-refractivity contribution in [3.8, 4) is 0 Å². The summed E-state index contributed by atoms with van der Waals surface area (Å²) < 4.78 is 25.5. The standard InChI is InChI=1S/C13H23NO5S/c1-11(2,10(15)16)13(17)6-8-14(9-7-13)20(18,19)12(3)4-5-12/h17H,4-9H2,1-3H3,(H,15,16). The fraction of sp³-hybridized carbons (Fsp3) is 0.923. The Hall–Kier alpha value is -0.660. The molecule has 0 spiro atoms. The van der Waals surface area contributed by atoms with Crippen molar-refractivity contribution in [2.24, 2.45) is 5.41 Å². The lowest BCUT2D eigenvalue weighted by molar-refractivity contribution is -0.169. The summed E-state index contributed by atoms with van der Waals surface area (Å²) in [5.74, 6) is -1.06. The molecule has 0 amide bonds. The molecule has 0 aromatic rings. The Morgan fingerprint density at radius 2 is 1.60 bits per heavy atom. The van der Waals surface area contributed by atoms with Crippen molar-refractivity contribution in [1.82, 2.24) is 4.31 Å². The van der Waals surface area contributed by atoms with Crippen molar-refractivity contribution in [1.29, 1.82) is 0 Å². The van der Waals surface area contributed by atoms with E-state index < -0.39 is 31.8 Å². The van der Waals surface area contributed by atoms with Crippen LogP contribution in [0.3, 0.4) is 0 Å². The molecule has 1 aliphatic carbocycles. The number of carboxylic acid groups (broad SMARTS) is 1. The summed E-state index contributed by atoms with van der Waals surface area (Å²) in [5, 5.41) is 19.8. The van der Waals surface area contributed by atoms with Crippen molar-refractivity contribution in [3.63, 3.8) is 0 Å². The normalized spacial score (nSPS) is 26.2. The van der Waals surface area contributed by atoms with Gasteiger partial charge in [0.1, 0.15) is 0 Å². The number of hydrogen-bond acceptors (Lipinski definition) is 4. The van der Waals surface area contributed by atoms with Crippen LogP contribution in [0.5, 0.6) is 0 Å². The maximum absolute atomic E-state index is 12.4. The molecule has 6 nitrogen and oxygen atoms in total. The number of aliphatic carboxylic acids is 1. The third-order valence-corrected chi connectivity index (χ3v) is 7.86. The van der Waals surface area contributed by atoms with Gasteiger partial charge in [-0.15, -0.1) is 0 Å². The lowest BCUT2D eigenvalue weighted by atomic mass is 9.70. The van der Waals surface area contributed by atoms with E-state index in [0.717, 1.165) is 0 Å². The Morgan fingerprint density at radius 1 is 1.15 bits per heavy atom. The van der Waals surface area contributed by atoms with Gasteiger partial charge in [-0.2, -0.15) is 0 Å². The molecule has 7 heteroatoms. The van der Waals surface area contributed by atoms with Crippen molar-refractivity contribution in [2.45, 2.75) is 56.8 Å². The molecule has 0 bridgehead atoms. The van der Waals surface area contributed by atoms with Gasteiger partial charge < -0.3 is 10.2 Å². The monoisotopic (exact) mass is 305 g/mol. The molecule has 1 aliphatic heterocycles. The van der Waals surface area contributed by atoms with Crippen LogP contribution in [0.4, 0.5) is 0 Å². The molecule has 2 aliphatic rings. The molecule has 2 N–H and O–H groups in total. The SMILES string of the molecule is CC(C)(C(=O)O)C1(O)CCN(S(=O)(=O)C2(C)CC2)CC1. The molecule has 116 valence electrons. The number of aliphatic hydroxyl groups is 1. The second-order valence-electron chi connectivity index (χ2n) is 6.82. The van der Waals surface area contributed by atoms with E-state index in [4.69, 9.17) is 0 Å². The average Bonchev–Trinajstić information content (AvgIpc) is 3.09. The second-order valence-corrected chi connectivity index (χ2v) is 9.27. The van der Waals surface area contributed by atoms with Gasteiger partial charge in [0, 0.05) is 13.1 Å². The van der Waals surface area contributed by atoms with Crippen LogP contribution in [-0.4, -0.2) is 52.3 Å². The maximum Gasteiger partial charge on any atom is 0.312 e. The maximum atomic E-state index is 12.4. The zero-order valence-corrected chi connectivity index (χ0v) is 13.0. The van der Waals surface area contributed by atoms with E-state index in [0.29, 0.717) is 12.8 Å². The zero-order valence-electron chi connectivity index (χ0n) is 12.2. The van der Waals surface area contributed by atoms with Crippen LogP contribution in [0.15, 0.2) is 0 Å². The van der Waals surface area contributed by atoms with Crippen LogP contribution < -0.4 is 0 Å². The molecule has 2 fully saturated rings. The molecule has 1 saturated heterocycles. The lowest BCUT2D eigenvalue weighted by Gasteiger charge is -2.45. The molecule has 0 radical (unpaired) electrons. The van der Waals surface area contributed by atoms with E-state index in [-0.39, 0.29) is 25.9 Å². The minimum Gasteiger partial charge on any atom is -0.481 e. The number of nitrogens with zero attached hydrogens (tertiary/aromatic N) is 1. The number of rotatable bonds is 4. The first-order valence-electron chi connectivity index (χ1n) is 6.92. The van der Waals surface area contributed by atoms with Gasteiger partial charge in [0.05, 0.1) is 15.8 Å². The van der Waals surface area contributed by atoms with Gasteiger partial charge in [-0.3, -0.25) is 4.79 Å². The van der Waals surface area contributed by atoms with E-state index in [9.17, 15) is 23.4 Å². The first kappa shape index (κ1) is 15.7. The fourth-order valence-corrected chi connectivity index (χ4v) is 4.57. The van der Waals surface area contributed by atoms with E-state index in [1.54, 1.807) is 6.92 Å². The predicted octanol–water partition coefficient (Wildman–Crippen LogP) is 0.806. The van der Waals surface area contributed by atoms with Crippen molar-refractivity contribution < 1.29 is 23.4 Å². The van der Waals surface area contributed by atoms with Crippen LogP contribution in [0.1, 0.15) is 46.5 Å². The summed E-state index contributed by atoms with van der Waals surface area (Å²) in [4.78, 5) is 11.3. The highest BCUT2D eigenvalue weighted by atomic mass is 32.2. The number of carbonyl (C=O) groups is 1. The summed E-state index contributed by atoms with van der Waals surface area (Å²) in [6.07, 6.45) is 1.66. The Labute approximate surface area is 119 Å². The van der Waals surface area contributed by atoms with Crippen LogP contribution in [0, 0.1) is 5.41 Å². The number of piperidine rings is 1. The summed E-state index contributed by atoms with van der Waals surface area (Å²) in [6, 6.07) is 0. The Balaban J connectivity index is 2.12. The molecule has 0 unspecified atom stereocenters. The van der Waals surface area contributed by atoms with E-state index in [1.165, 1.54) is 18.2 Å². The van der Waals surface area contributed by atoms with E-state index >= 15 is 0 Å². The zero-order chi connectivity index (χ0) is 15.4. The van der Waals surface area contributed by atoms with Gasteiger partial charge in [-0.25, -0.2) is 12.7 Å². The molecule has 0 aromatic heterocycles. The molecular formula is C13H23NO5S. The quantitative estimate of drug-likeness (QED) is 0.801. The molecule has 1 saturated carbocycles. The first-order chi connectivity index (χ1) is 8.96. The number of hydrogen-bond donors (Lipinski definition) is 2. The van der Waals surface area contributed by atoms with Gasteiger partial charge in [-0.1, -0.05) is 0 Å². The van der Waals surface area contributed by atoms with Crippen LogP contribution in [-0.2, 0) is 14.8 Å². The number of sulfonamides is 1. The Morgan fingerprint density at radius 3 is 1.95 bits per heavy atom. The molecule has 2 rings (SSSR count). The average molecular weight is 305 g/mol. The third kappa shape index (κ3) is 2.16. The smallest absolute Gasteiger partial charge is 0.312 e. The van der Waals surface area contributed by atoms with Gasteiger partial charge in [-0.05, 0) is 46.5 Å². The highest BCUT2D eigenvalue weighted by molar-refractivity contribution is 7.90. The van der Waals surface area contributed by atoms with Gasteiger partial charge in [0.2, 0.25) is 10.0 Å². The predicted molar refractivity (Wildman–Crippen MR) is 73.7 cm³/mol. The van der Waals surface area contributed by atoms with E-state index in [1.807, 2.05) is 0 Å². The largest absolute Gasteiger partial charge is 0.481 e. The number of carboxylic acids is 1. The van der Waals surface area contributed by atoms with Crippen molar-refractivity contribution in [3.05, 3.63) is 0 Å². The lowest BCUT2D eigenvalue weighted by Crippen LogP contribution is -2.57. The summed E-state index contributed by atoms with van der Waals surface area (Å²) >= 11 is 0. The molecular weight excluding hydrogens is 282 g/mol. The summed E-state index contributed by atoms with van der Waals surface area (Å²) in [5.41, 5.74) is -2.65. The Kier molecular flexibility index (Phi) is 3.47. The van der Waals surface area contributed by atoms with Crippen molar-refractivity contribution in [2.75, 3.05) is 13.1 Å². The highest BCUT2D eigenvalue weighted by Crippen LogP contribution is 2.47. The fourth-order valence-electron chi connectivity index (χ4n) is 2.67.